The first-order chi connectivity index (χ1) is 6.13. The number of aromatic nitrogens is 4. The topological polar surface area (TPSA) is 95.9 Å². The molecule has 1 heterocycles. The van der Waals surface area contributed by atoms with E-state index in [2.05, 4.69) is 20.1 Å². The van der Waals surface area contributed by atoms with E-state index >= 15 is 0 Å². The molecule has 0 spiro atoms. The summed E-state index contributed by atoms with van der Waals surface area (Å²) < 4.78 is 4.45. The van der Waals surface area contributed by atoms with Crippen LogP contribution in [0.1, 0.15) is 18.3 Å². The van der Waals surface area contributed by atoms with Crippen LogP contribution < -0.4 is 5.73 Å². The molecule has 7 nitrogen and oxygen atoms in total. The fourth-order valence-electron chi connectivity index (χ4n) is 0.801. The number of hydrogen-bond donors (Lipinski definition) is 1. The number of esters is 1. The van der Waals surface area contributed by atoms with E-state index in [0.717, 1.165) is 0 Å². The zero-order valence-electron chi connectivity index (χ0n) is 7.47. The molecule has 1 aromatic heterocycles. The van der Waals surface area contributed by atoms with E-state index in [1.54, 1.807) is 7.05 Å². The number of carbonyl (C=O) groups is 1. The number of nitrogens with two attached hydrogens (primary N) is 1. The Morgan fingerprint density at radius 2 is 2.46 bits per heavy atom. The van der Waals surface area contributed by atoms with Crippen LogP contribution in [0.15, 0.2) is 0 Å². The van der Waals surface area contributed by atoms with E-state index in [9.17, 15) is 4.79 Å². The molecule has 1 unspecified atom stereocenters. The number of methoxy groups -OCH3 is 1. The Morgan fingerprint density at radius 1 is 1.77 bits per heavy atom. The van der Waals surface area contributed by atoms with Gasteiger partial charge in [-0.05, 0) is 5.21 Å². The van der Waals surface area contributed by atoms with Gasteiger partial charge in [0.25, 0.3) is 0 Å². The van der Waals surface area contributed by atoms with E-state index in [1.807, 2.05) is 0 Å². The first-order valence-corrected chi connectivity index (χ1v) is 3.69. The van der Waals surface area contributed by atoms with Gasteiger partial charge in [0, 0.05) is 0 Å². The van der Waals surface area contributed by atoms with E-state index in [0.29, 0.717) is 5.82 Å². The van der Waals surface area contributed by atoms with Crippen molar-refractivity contribution < 1.29 is 9.53 Å². The lowest BCUT2D eigenvalue weighted by Crippen LogP contribution is -2.17. The highest BCUT2D eigenvalue weighted by Gasteiger charge is 2.16. The van der Waals surface area contributed by atoms with Crippen molar-refractivity contribution in [1.29, 1.82) is 0 Å². The third kappa shape index (κ3) is 2.48. The number of carbonyl (C=O) groups excluding carboxylic acids is 1. The zero-order valence-corrected chi connectivity index (χ0v) is 7.47. The van der Waals surface area contributed by atoms with Crippen LogP contribution in [-0.2, 0) is 16.6 Å². The summed E-state index contributed by atoms with van der Waals surface area (Å²) in [5, 5.41) is 11.1. The second kappa shape index (κ2) is 3.94. The number of aryl methyl sites for hydroxylation is 1. The van der Waals surface area contributed by atoms with Gasteiger partial charge in [0.05, 0.1) is 26.6 Å². The Bertz CT molecular complexity index is 297. The maximum atomic E-state index is 10.8. The third-order valence-electron chi connectivity index (χ3n) is 1.47. The van der Waals surface area contributed by atoms with Crippen molar-refractivity contribution in [2.75, 3.05) is 7.11 Å². The minimum atomic E-state index is -0.554. The molecule has 2 N–H and O–H groups in total. The average Bonchev–Trinajstić information content (AvgIpc) is 2.51. The molecule has 7 heteroatoms. The molecular weight excluding hydrogens is 174 g/mol. The summed E-state index contributed by atoms with van der Waals surface area (Å²) >= 11 is 0. The fourth-order valence-corrected chi connectivity index (χ4v) is 0.801. The van der Waals surface area contributed by atoms with Crippen LogP contribution in [0.4, 0.5) is 0 Å². The Kier molecular flexibility index (Phi) is 2.91. The molecule has 1 aromatic rings. The SMILES string of the molecule is COC(=O)CC(N)c1nnn(C)n1. The van der Waals surface area contributed by atoms with Gasteiger partial charge in [-0.2, -0.15) is 4.80 Å². The lowest BCUT2D eigenvalue weighted by atomic mass is 10.2. The second-order valence-corrected chi connectivity index (χ2v) is 2.52. The number of nitrogens with zero attached hydrogens (tertiary/aromatic N) is 4. The molecule has 0 aromatic carbocycles. The summed E-state index contributed by atoms with van der Waals surface area (Å²) in [6, 6.07) is -0.554. The van der Waals surface area contributed by atoms with Crippen LogP contribution in [0, 0.1) is 0 Å². The molecule has 13 heavy (non-hydrogen) atoms. The van der Waals surface area contributed by atoms with Crippen molar-refractivity contribution in [1.82, 2.24) is 20.2 Å². The fraction of sp³-hybridized carbons (Fsp3) is 0.667. The average molecular weight is 185 g/mol. The Morgan fingerprint density at radius 3 is 2.92 bits per heavy atom. The minimum absolute atomic E-state index is 0.0577. The van der Waals surface area contributed by atoms with Gasteiger partial charge >= 0.3 is 5.97 Å². The van der Waals surface area contributed by atoms with E-state index in [4.69, 9.17) is 5.73 Å². The number of tetrazole rings is 1. The predicted octanol–water partition coefficient (Wildman–Crippen LogP) is -1.23. The highest BCUT2D eigenvalue weighted by Crippen LogP contribution is 2.07. The van der Waals surface area contributed by atoms with Gasteiger partial charge in [0.15, 0.2) is 5.82 Å². The largest absolute Gasteiger partial charge is 0.469 e. The second-order valence-electron chi connectivity index (χ2n) is 2.52. The highest BCUT2D eigenvalue weighted by molar-refractivity contribution is 5.69. The Labute approximate surface area is 74.9 Å². The molecule has 0 saturated carbocycles. The van der Waals surface area contributed by atoms with Crippen molar-refractivity contribution in [2.45, 2.75) is 12.5 Å². The van der Waals surface area contributed by atoms with Crippen LogP contribution in [0.25, 0.3) is 0 Å². The van der Waals surface area contributed by atoms with Gasteiger partial charge in [0.2, 0.25) is 0 Å². The van der Waals surface area contributed by atoms with Gasteiger partial charge in [0.1, 0.15) is 0 Å². The lowest BCUT2D eigenvalue weighted by molar-refractivity contribution is -0.141. The summed E-state index contributed by atoms with van der Waals surface area (Å²) in [5.41, 5.74) is 5.61. The normalized spacial score (nSPS) is 12.5. The molecule has 0 aliphatic carbocycles. The van der Waals surface area contributed by atoms with Gasteiger partial charge in [-0.15, -0.1) is 10.2 Å². The van der Waals surface area contributed by atoms with Gasteiger partial charge in [-0.1, -0.05) is 0 Å². The zero-order chi connectivity index (χ0) is 9.84. The van der Waals surface area contributed by atoms with Crippen LogP contribution in [0.3, 0.4) is 0 Å². The van der Waals surface area contributed by atoms with Crippen molar-refractivity contribution in [3.05, 3.63) is 5.82 Å². The van der Waals surface area contributed by atoms with Crippen LogP contribution in [-0.4, -0.2) is 33.3 Å². The monoisotopic (exact) mass is 185 g/mol. The van der Waals surface area contributed by atoms with E-state index in [1.165, 1.54) is 11.9 Å². The molecule has 0 amide bonds. The highest BCUT2D eigenvalue weighted by atomic mass is 16.5. The molecule has 1 atom stereocenters. The molecular formula is C6H11N5O2. The summed E-state index contributed by atoms with van der Waals surface area (Å²) in [5.74, 6) is -0.0483. The summed E-state index contributed by atoms with van der Waals surface area (Å²) in [7, 11) is 2.93. The smallest absolute Gasteiger partial charge is 0.307 e. The standard InChI is InChI=1S/C6H11N5O2/c1-11-9-6(8-10-11)4(7)3-5(12)13-2/h4H,3,7H2,1-2H3. The Balaban J connectivity index is 2.58. The van der Waals surface area contributed by atoms with Crippen LogP contribution >= 0.6 is 0 Å². The lowest BCUT2D eigenvalue weighted by Gasteiger charge is -2.03. The first kappa shape index (κ1) is 9.59. The van der Waals surface area contributed by atoms with Crippen molar-refractivity contribution >= 4 is 5.97 Å². The van der Waals surface area contributed by atoms with Crippen LogP contribution in [0.2, 0.25) is 0 Å². The van der Waals surface area contributed by atoms with Gasteiger partial charge in [-0.3, -0.25) is 4.79 Å². The number of rotatable bonds is 3. The van der Waals surface area contributed by atoms with E-state index in [-0.39, 0.29) is 12.4 Å². The predicted molar refractivity (Wildman–Crippen MR) is 42.4 cm³/mol. The quantitative estimate of drug-likeness (QED) is 0.592. The molecule has 1 rings (SSSR count). The van der Waals surface area contributed by atoms with E-state index < -0.39 is 6.04 Å². The molecule has 72 valence electrons. The van der Waals surface area contributed by atoms with Gasteiger partial charge < -0.3 is 10.5 Å². The maximum Gasteiger partial charge on any atom is 0.307 e. The molecule has 0 radical (unpaired) electrons. The molecule has 0 fully saturated rings. The number of ether oxygens (including phenoxy) is 1. The van der Waals surface area contributed by atoms with Gasteiger partial charge in [-0.25, -0.2) is 0 Å². The molecule has 0 bridgehead atoms. The van der Waals surface area contributed by atoms with Crippen molar-refractivity contribution in [3.63, 3.8) is 0 Å². The summed E-state index contributed by atoms with van der Waals surface area (Å²) in [4.78, 5) is 12.1. The number of hydrogen-bond acceptors (Lipinski definition) is 6. The molecule has 0 aliphatic rings. The maximum absolute atomic E-state index is 10.8. The van der Waals surface area contributed by atoms with Crippen molar-refractivity contribution in [3.8, 4) is 0 Å². The summed E-state index contributed by atoms with van der Waals surface area (Å²) in [6.45, 7) is 0. The third-order valence-corrected chi connectivity index (χ3v) is 1.47. The molecule has 0 aliphatic heterocycles. The first-order valence-electron chi connectivity index (χ1n) is 3.69. The van der Waals surface area contributed by atoms with Crippen LogP contribution in [0.5, 0.6) is 0 Å². The minimum Gasteiger partial charge on any atom is -0.469 e. The molecule has 0 saturated heterocycles. The van der Waals surface area contributed by atoms with Crippen molar-refractivity contribution in [2.24, 2.45) is 12.8 Å². The summed E-state index contributed by atoms with van der Waals surface area (Å²) in [6.07, 6.45) is 0.0577. The Hall–Kier alpha value is -1.50.